The van der Waals surface area contributed by atoms with E-state index in [1.54, 1.807) is 19.2 Å². The third-order valence-electron chi connectivity index (χ3n) is 2.79. The zero-order valence-electron chi connectivity index (χ0n) is 10.3. The van der Waals surface area contributed by atoms with E-state index >= 15 is 0 Å². The molecule has 0 heterocycles. The summed E-state index contributed by atoms with van der Waals surface area (Å²) in [4.78, 5) is 1.45. The predicted octanol–water partition coefficient (Wildman–Crippen LogP) is 3.32. The number of hydrogen-bond acceptors (Lipinski definition) is 2. The van der Waals surface area contributed by atoms with Crippen molar-refractivity contribution < 1.29 is 13.2 Å². The Bertz CT molecular complexity index is 599. The van der Waals surface area contributed by atoms with Gasteiger partial charge in [0.15, 0.2) is 11.6 Å². The lowest BCUT2D eigenvalue weighted by molar-refractivity contribution is 0.508. The third kappa shape index (κ3) is 2.81. The standard InChI is InChI=1S/C14H13F3N2/c1-19(8-9-3-2-4-10(15)7-9)14-12(18)6-5-11(16)13(14)17/h2-7H,8,18H2,1H3. The number of anilines is 2. The van der Waals surface area contributed by atoms with Gasteiger partial charge in [0.2, 0.25) is 0 Å². The van der Waals surface area contributed by atoms with Crippen molar-refractivity contribution in [1.29, 1.82) is 0 Å². The van der Waals surface area contributed by atoms with Gasteiger partial charge in [0.1, 0.15) is 5.82 Å². The van der Waals surface area contributed by atoms with E-state index in [-0.39, 0.29) is 23.7 Å². The Hall–Kier alpha value is -2.17. The minimum atomic E-state index is -1.00. The van der Waals surface area contributed by atoms with Gasteiger partial charge in [0.25, 0.3) is 0 Å². The van der Waals surface area contributed by atoms with E-state index in [0.29, 0.717) is 5.56 Å². The van der Waals surface area contributed by atoms with Gasteiger partial charge in [-0.15, -0.1) is 0 Å². The van der Waals surface area contributed by atoms with E-state index in [9.17, 15) is 13.2 Å². The van der Waals surface area contributed by atoms with Gasteiger partial charge in [0.05, 0.1) is 11.4 Å². The normalized spacial score (nSPS) is 10.5. The Balaban J connectivity index is 2.30. The maximum Gasteiger partial charge on any atom is 0.184 e. The van der Waals surface area contributed by atoms with Crippen LogP contribution in [0.5, 0.6) is 0 Å². The molecule has 2 nitrogen and oxygen atoms in total. The fourth-order valence-electron chi connectivity index (χ4n) is 1.93. The molecule has 19 heavy (non-hydrogen) atoms. The first-order valence-corrected chi connectivity index (χ1v) is 5.68. The third-order valence-corrected chi connectivity index (χ3v) is 2.79. The Morgan fingerprint density at radius 3 is 2.53 bits per heavy atom. The lowest BCUT2D eigenvalue weighted by Crippen LogP contribution is -2.20. The fraction of sp³-hybridized carbons (Fsp3) is 0.143. The van der Waals surface area contributed by atoms with Gasteiger partial charge in [-0.3, -0.25) is 0 Å². The van der Waals surface area contributed by atoms with Gasteiger partial charge in [-0.2, -0.15) is 0 Å². The summed E-state index contributed by atoms with van der Waals surface area (Å²) in [7, 11) is 1.57. The van der Waals surface area contributed by atoms with Crippen molar-refractivity contribution >= 4 is 11.4 Å². The van der Waals surface area contributed by atoms with Crippen LogP contribution in [0.3, 0.4) is 0 Å². The maximum atomic E-state index is 13.7. The molecule has 0 saturated carbocycles. The van der Waals surface area contributed by atoms with Crippen LogP contribution in [0.15, 0.2) is 36.4 Å². The molecule has 2 N–H and O–H groups in total. The highest BCUT2D eigenvalue weighted by molar-refractivity contribution is 5.68. The molecule has 0 unspecified atom stereocenters. The SMILES string of the molecule is CN(Cc1cccc(F)c1)c1c(N)ccc(F)c1F. The van der Waals surface area contributed by atoms with Crippen LogP contribution in [-0.4, -0.2) is 7.05 Å². The largest absolute Gasteiger partial charge is 0.397 e. The highest BCUT2D eigenvalue weighted by Gasteiger charge is 2.16. The Morgan fingerprint density at radius 1 is 1.11 bits per heavy atom. The van der Waals surface area contributed by atoms with E-state index < -0.39 is 11.6 Å². The molecule has 0 aliphatic carbocycles. The number of nitrogen functional groups attached to an aromatic ring is 1. The molecule has 0 spiro atoms. The van der Waals surface area contributed by atoms with Crippen molar-refractivity contribution in [3.8, 4) is 0 Å². The summed E-state index contributed by atoms with van der Waals surface area (Å²) in [6.45, 7) is 0.225. The lowest BCUT2D eigenvalue weighted by atomic mass is 10.2. The molecule has 0 atom stereocenters. The molecular weight excluding hydrogens is 253 g/mol. The first-order valence-electron chi connectivity index (χ1n) is 5.68. The summed E-state index contributed by atoms with van der Waals surface area (Å²) in [6, 6.07) is 8.20. The number of hydrogen-bond donors (Lipinski definition) is 1. The highest BCUT2D eigenvalue weighted by Crippen LogP contribution is 2.28. The van der Waals surface area contributed by atoms with Crippen LogP contribution in [0.2, 0.25) is 0 Å². The zero-order valence-corrected chi connectivity index (χ0v) is 10.3. The molecule has 5 heteroatoms. The van der Waals surface area contributed by atoms with E-state index in [0.717, 1.165) is 6.07 Å². The van der Waals surface area contributed by atoms with Crippen LogP contribution in [0.4, 0.5) is 24.5 Å². The second-order valence-electron chi connectivity index (χ2n) is 4.29. The number of halogens is 3. The van der Waals surface area contributed by atoms with E-state index in [4.69, 9.17) is 5.73 Å². The van der Waals surface area contributed by atoms with Crippen molar-refractivity contribution in [2.24, 2.45) is 0 Å². The topological polar surface area (TPSA) is 29.3 Å². The molecule has 0 amide bonds. The highest BCUT2D eigenvalue weighted by atomic mass is 19.2. The van der Waals surface area contributed by atoms with E-state index in [1.165, 1.54) is 23.1 Å². The van der Waals surface area contributed by atoms with Gasteiger partial charge >= 0.3 is 0 Å². The average Bonchev–Trinajstić information content (AvgIpc) is 2.34. The fourth-order valence-corrected chi connectivity index (χ4v) is 1.93. The van der Waals surface area contributed by atoms with Gasteiger partial charge in [-0.05, 0) is 29.8 Å². The molecule has 0 bridgehead atoms. The van der Waals surface area contributed by atoms with Crippen molar-refractivity contribution in [1.82, 2.24) is 0 Å². The van der Waals surface area contributed by atoms with E-state index in [2.05, 4.69) is 0 Å². The van der Waals surface area contributed by atoms with Crippen molar-refractivity contribution in [2.45, 2.75) is 6.54 Å². The smallest absolute Gasteiger partial charge is 0.184 e. The minimum Gasteiger partial charge on any atom is -0.397 e. The molecule has 2 aromatic rings. The summed E-state index contributed by atoms with van der Waals surface area (Å²) in [6.07, 6.45) is 0. The zero-order chi connectivity index (χ0) is 14.0. The first kappa shape index (κ1) is 13.3. The van der Waals surface area contributed by atoms with Gasteiger partial charge in [-0.25, -0.2) is 13.2 Å². The Morgan fingerprint density at radius 2 is 1.84 bits per heavy atom. The van der Waals surface area contributed by atoms with Gasteiger partial charge in [-0.1, -0.05) is 12.1 Å². The second-order valence-corrected chi connectivity index (χ2v) is 4.29. The van der Waals surface area contributed by atoms with Crippen LogP contribution < -0.4 is 10.6 Å². The molecule has 100 valence electrons. The predicted molar refractivity (Wildman–Crippen MR) is 69.3 cm³/mol. The van der Waals surface area contributed by atoms with Crippen LogP contribution in [0.1, 0.15) is 5.56 Å². The molecule has 0 radical (unpaired) electrons. The van der Waals surface area contributed by atoms with Gasteiger partial charge in [0, 0.05) is 13.6 Å². The molecule has 2 rings (SSSR count). The summed E-state index contributed by atoms with van der Waals surface area (Å²) in [5.41, 5.74) is 6.41. The molecule has 0 aliphatic rings. The molecule has 0 aromatic heterocycles. The minimum absolute atomic E-state index is 0.0238. The van der Waals surface area contributed by atoms with Crippen LogP contribution >= 0.6 is 0 Å². The van der Waals surface area contributed by atoms with Crippen molar-refractivity contribution in [2.75, 3.05) is 17.7 Å². The number of benzene rings is 2. The van der Waals surface area contributed by atoms with Crippen molar-refractivity contribution in [3.05, 3.63) is 59.4 Å². The monoisotopic (exact) mass is 266 g/mol. The molecule has 0 fully saturated rings. The average molecular weight is 266 g/mol. The van der Waals surface area contributed by atoms with Crippen molar-refractivity contribution in [3.63, 3.8) is 0 Å². The number of nitrogens with two attached hydrogens (primary N) is 1. The lowest BCUT2D eigenvalue weighted by Gasteiger charge is -2.22. The maximum absolute atomic E-state index is 13.7. The summed E-state index contributed by atoms with van der Waals surface area (Å²) in [5.74, 6) is -2.34. The molecule has 2 aromatic carbocycles. The Labute approximate surface area is 109 Å². The quantitative estimate of drug-likeness (QED) is 0.863. The van der Waals surface area contributed by atoms with Crippen LogP contribution in [0.25, 0.3) is 0 Å². The summed E-state index contributed by atoms with van der Waals surface area (Å²) in [5, 5.41) is 0. The molecular formula is C14H13F3N2. The molecule has 0 aliphatic heterocycles. The second kappa shape index (κ2) is 5.22. The number of rotatable bonds is 3. The number of nitrogens with zero attached hydrogens (tertiary/aromatic N) is 1. The van der Waals surface area contributed by atoms with Crippen LogP contribution in [-0.2, 0) is 6.54 Å². The summed E-state index contributed by atoms with van der Waals surface area (Å²) >= 11 is 0. The van der Waals surface area contributed by atoms with Crippen LogP contribution in [0, 0.1) is 17.5 Å². The van der Waals surface area contributed by atoms with Gasteiger partial charge < -0.3 is 10.6 Å². The Kier molecular flexibility index (Phi) is 3.64. The summed E-state index contributed by atoms with van der Waals surface area (Å²) < 4.78 is 40.0. The first-order chi connectivity index (χ1) is 8.99. The molecule has 0 saturated heterocycles. The van der Waals surface area contributed by atoms with E-state index in [1.807, 2.05) is 0 Å².